The van der Waals surface area contributed by atoms with Gasteiger partial charge in [-0.1, -0.05) is 31.5 Å². The van der Waals surface area contributed by atoms with Crippen LogP contribution in [-0.4, -0.2) is 29.9 Å². The number of carbonyl (C=O) groups excluding carboxylic acids is 1. The Labute approximate surface area is 161 Å². The summed E-state index contributed by atoms with van der Waals surface area (Å²) < 4.78 is 0. The van der Waals surface area contributed by atoms with Crippen LogP contribution in [0.1, 0.15) is 48.3 Å². The van der Waals surface area contributed by atoms with Crippen molar-refractivity contribution in [1.29, 1.82) is 0 Å². The minimum Gasteiger partial charge on any atom is -0.357 e. The first-order valence-corrected chi connectivity index (χ1v) is 9.52. The molecule has 0 spiro atoms. The van der Waals surface area contributed by atoms with Crippen LogP contribution in [0.4, 0.5) is 0 Å². The molecular weight excluding hydrogens is 338 g/mol. The summed E-state index contributed by atoms with van der Waals surface area (Å²) in [6.07, 6.45) is 3.85. The van der Waals surface area contributed by atoms with Gasteiger partial charge in [0.1, 0.15) is 0 Å². The van der Waals surface area contributed by atoms with Gasteiger partial charge in [-0.25, -0.2) is 4.99 Å². The Morgan fingerprint density at radius 2 is 1.85 bits per heavy atom. The van der Waals surface area contributed by atoms with E-state index in [-0.39, 0.29) is 5.91 Å². The maximum atomic E-state index is 12.0. The van der Waals surface area contributed by atoms with Gasteiger partial charge in [0.25, 0.3) is 5.91 Å². The molecule has 0 radical (unpaired) electrons. The fourth-order valence-corrected chi connectivity index (χ4v) is 2.43. The number of amides is 1. The summed E-state index contributed by atoms with van der Waals surface area (Å²) in [4.78, 5) is 20.9. The van der Waals surface area contributed by atoms with Gasteiger partial charge in [0.15, 0.2) is 5.96 Å². The number of guanidine groups is 1. The van der Waals surface area contributed by atoms with Crippen molar-refractivity contribution in [2.24, 2.45) is 4.99 Å². The molecule has 0 bridgehead atoms. The molecule has 2 rings (SSSR count). The maximum absolute atomic E-state index is 12.0. The van der Waals surface area contributed by atoms with Gasteiger partial charge in [-0.2, -0.15) is 0 Å². The van der Waals surface area contributed by atoms with Gasteiger partial charge >= 0.3 is 0 Å². The van der Waals surface area contributed by atoms with Gasteiger partial charge in [-0.3, -0.25) is 9.78 Å². The van der Waals surface area contributed by atoms with E-state index in [0.717, 1.165) is 43.1 Å². The summed E-state index contributed by atoms with van der Waals surface area (Å²) in [5.41, 5.74) is 2.69. The molecule has 144 valence electrons. The van der Waals surface area contributed by atoms with E-state index in [4.69, 9.17) is 0 Å². The lowest BCUT2D eigenvalue weighted by atomic mass is 10.1. The molecule has 1 amide bonds. The minimum absolute atomic E-state index is 0.0242. The molecule has 0 aliphatic heterocycles. The van der Waals surface area contributed by atoms with Gasteiger partial charge in [0.2, 0.25) is 0 Å². The molecule has 6 heteroatoms. The lowest BCUT2D eigenvalue weighted by Gasteiger charge is -2.11. The number of hydrogen-bond donors (Lipinski definition) is 3. The van der Waals surface area contributed by atoms with Crippen LogP contribution in [0.15, 0.2) is 53.7 Å². The fraction of sp³-hybridized carbons (Fsp3) is 0.381. The molecule has 2 aromatic rings. The van der Waals surface area contributed by atoms with Gasteiger partial charge < -0.3 is 16.0 Å². The molecule has 0 unspecified atom stereocenters. The number of carbonyl (C=O) groups is 1. The van der Waals surface area contributed by atoms with Crippen molar-refractivity contribution in [3.63, 3.8) is 0 Å². The standard InChI is InChI=1S/C21H29N5O/c1-3-5-13-24-20(27)18-11-9-17(10-12-18)15-25-21(22-4-2)26-16-19-8-6-7-14-23-19/h6-12,14H,3-5,13,15-16H2,1-2H3,(H,24,27)(H2,22,25,26). The van der Waals surface area contributed by atoms with E-state index in [1.807, 2.05) is 49.4 Å². The van der Waals surface area contributed by atoms with Crippen LogP contribution in [0.25, 0.3) is 0 Å². The van der Waals surface area contributed by atoms with Crippen LogP contribution in [0.3, 0.4) is 0 Å². The zero-order valence-electron chi connectivity index (χ0n) is 16.2. The highest BCUT2D eigenvalue weighted by atomic mass is 16.1. The van der Waals surface area contributed by atoms with Gasteiger partial charge in [0.05, 0.1) is 18.8 Å². The number of aromatic nitrogens is 1. The second-order valence-electron chi connectivity index (χ2n) is 6.18. The molecule has 0 aliphatic rings. The number of pyridine rings is 1. The van der Waals surface area contributed by atoms with Crippen LogP contribution in [-0.2, 0) is 13.1 Å². The lowest BCUT2D eigenvalue weighted by molar-refractivity contribution is 0.0953. The van der Waals surface area contributed by atoms with Gasteiger partial charge in [0, 0.05) is 24.8 Å². The van der Waals surface area contributed by atoms with Gasteiger partial charge in [-0.15, -0.1) is 0 Å². The fourth-order valence-electron chi connectivity index (χ4n) is 2.43. The molecule has 27 heavy (non-hydrogen) atoms. The first-order valence-electron chi connectivity index (χ1n) is 9.52. The molecular formula is C21H29N5O. The summed E-state index contributed by atoms with van der Waals surface area (Å²) in [5.74, 6) is 0.716. The highest BCUT2D eigenvalue weighted by molar-refractivity contribution is 5.94. The normalized spacial score (nSPS) is 11.1. The molecule has 0 saturated heterocycles. The van der Waals surface area contributed by atoms with Crippen LogP contribution in [0, 0.1) is 0 Å². The topological polar surface area (TPSA) is 78.4 Å². The Morgan fingerprint density at radius 3 is 2.52 bits per heavy atom. The summed E-state index contributed by atoms with van der Waals surface area (Å²) >= 11 is 0. The van der Waals surface area contributed by atoms with E-state index in [2.05, 4.69) is 32.9 Å². The monoisotopic (exact) mass is 367 g/mol. The van der Waals surface area contributed by atoms with E-state index < -0.39 is 0 Å². The molecule has 1 aromatic heterocycles. The van der Waals surface area contributed by atoms with Crippen LogP contribution >= 0.6 is 0 Å². The zero-order valence-corrected chi connectivity index (χ0v) is 16.2. The number of unbranched alkanes of at least 4 members (excludes halogenated alkanes) is 1. The first kappa shape index (κ1) is 20.4. The average Bonchev–Trinajstić information content (AvgIpc) is 2.71. The van der Waals surface area contributed by atoms with Crippen molar-refractivity contribution in [1.82, 2.24) is 20.9 Å². The predicted octanol–water partition coefficient (Wildman–Crippen LogP) is 2.87. The molecule has 1 heterocycles. The number of benzene rings is 1. The average molecular weight is 367 g/mol. The van der Waals surface area contributed by atoms with E-state index in [1.54, 1.807) is 6.20 Å². The molecule has 6 nitrogen and oxygen atoms in total. The second-order valence-corrected chi connectivity index (χ2v) is 6.18. The molecule has 3 N–H and O–H groups in total. The third kappa shape index (κ3) is 7.48. The first-order chi connectivity index (χ1) is 13.2. The molecule has 0 saturated carbocycles. The predicted molar refractivity (Wildman–Crippen MR) is 110 cm³/mol. The minimum atomic E-state index is -0.0242. The number of nitrogens with zero attached hydrogens (tertiary/aromatic N) is 2. The van der Waals surface area contributed by atoms with Crippen molar-refractivity contribution in [3.8, 4) is 0 Å². The summed E-state index contributed by atoms with van der Waals surface area (Å²) in [5, 5.41) is 9.43. The summed E-state index contributed by atoms with van der Waals surface area (Å²) in [6, 6.07) is 13.4. The van der Waals surface area contributed by atoms with Crippen LogP contribution in [0.5, 0.6) is 0 Å². The van der Waals surface area contributed by atoms with E-state index in [9.17, 15) is 4.79 Å². The zero-order chi connectivity index (χ0) is 19.3. The highest BCUT2D eigenvalue weighted by Gasteiger charge is 2.04. The summed E-state index contributed by atoms with van der Waals surface area (Å²) in [7, 11) is 0. The third-order valence-corrected chi connectivity index (χ3v) is 3.96. The van der Waals surface area contributed by atoms with Gasteiger partial charge in [-0.05, 0) is 43.2 Å². The summed E-state index contributed by atoms with van der Waals surface area (Å²) in [6.45, 7) is 6.79. The van der Waals surface area contributed by atoms with Crippen molar-refractivity contribution in [3.05, 3.63) is 65.5 Å². The largest absolute Gasteiger partial charge is 0.357 e. The van der Waals surface area contributed by atoms with Crippen molar-refractivity contribution in [2.75, 3.05) is 13.1 Å². The Kier molecular flexibility index (Phi) is 8.83. The molecule has 0 aliphatic carbocycles. The number of hydrogen-bond acceptors (Lipinski definition) is 3. The SMILES string of the molecule is CCCCNC(=O)c1ccc(CN=C(NCC)NCc2ccccn2)cc1. The highest BCUT2D eigenvalue weighted by Crippen LogP contribution is 2.06. The molecule has 0 atom stereocenters. The smallest absolute Gasteiger partial charge is 0.251 e. The second kappa shape index (κ2) is 11.7. The van der Waals surface area contributed by atoms with Crippen LogP contribution < -0.4 is 16.0 Å². The maximum Gasteiger partial charge on any atom is 0.251 e. The lowest BCUT2D eigenvalue weighted by Crippen LogP contribution is -2.37. The third-order valence-electron chi connectivity index (χ3n) is 3.96. The molecule has 1 aromatic carbocycles. The van der Waals surface area contributed by atoms with Crippen molar-refractivity contribution >= 4 is 11.9 Å². The van der Waals surface area contributed by atoms with Crippen molar-refractivity contribution in [2.45, 2.75) is 39.8 Å². The van der Waals surface area contributed by atoms with Crippen molar-refractivity contribution < 1.29 is 4.79 Å². The van der Waals surface area contributed by atoms with Crippen LogP contribution in [0.2, 0.25) is 0 Å². The number of aliphatic imine (C=N–C) groups is 1. The van der Waals surface area contributed by atoms with E-state index in [0.29, 0.717) is 18.7 Å². The number of rotatable bonds is 9. The Hall–Kier alpha value is -2.89. The number of nitrogens with one attached hydrogen (secondary N) is 3. The van der Waals surface area contributed by atoms with E-state index in [1.165, 1.54) is 0 Å². The Morgan fingerprint density at radius 1 is 1.04 bits per heavy atom. The quantitative estimate of drug-likeness (QED) is 0.362. The Bertz CT molecular complexity index is 713. The molecule has 0 fully saturated rings. The van der Waals surface area contributed by atoms with E-state index >= 15 is 0 Å². The Balaban J connectivity index is 1.89.